The third-order valence-corrected chi connectivity index (χ3v) is 3.81. The summed E-state index contributed by atoms with van der Waals surface area (Å²) < 4.78 is 7.60. The van der Waals surface area contributed by atoms with E-state index in [0.29, 0.717) is 10.8 Å². The van der Waals surface area contributed by atoms with Gasteiger partial charge in [-0.25, -0.2) is 0 Å². The van der Waals surface area contributed by atoms with Crippen LogP contribution < -0.4 is 4.74 Å². The summed E-state index contributed by atoms with van der Waals surface area (Å²) in [4.78, 5) is 12.2. The van der Waals surface area contributed by atoms with Gasteiger partial charge in [-0.3, -0.25) is 4.79 Å². The number of carbonyl (C=O) groups is 1. The van der Waals surface area contributed by atoms with Crippen LogP contribution in [0.1, 0.15) is 27.3 Å². The fraction of sp³-hybridized carbons (Fsp3) is 0.312. The molecule has 4 heteroatoms. The molecule has 0 N–H and O–H groups in total. The summed E-state index contributed by atoms with van der Waals surface area (Å²) in [6, 6.07) is 7.26. The summed E-state index contributed by atoms with van der Waals surface area (Å²) in [6.07, 6.45) is 0. The van der Waals surface area contributed by atoms with Gasteiger partial charge in [-0.1, -0.05) is 11.6 Å². The lowest BCUT2D eigenvalue weighted by Crippen LogP contribution is -2.13. The van der Waals surface area contributed by atoms with Crippen LogP contribution in [0.2, 0.25) is 5.02 Å². The van der Waals surface area contributed by atoms with Crippen LogP contribution in [0.25, 0.3) is 0 Å². The average molecular weight is 292 g/mol. The second-order valence-electron chi connectivity index (χ2n) is 4.97. The number of Topliss-reactive ketones (excluding diaryl/α,β-unsaturated/α-hetero) is 1. The van der Waals surface area contributed by atoms with Crippen LogP contribution in [0, 0.1) is 20.8 Å². The van der Waals surface area contributed by atoms with E-state index in [4.69, 9.17) is 16.3 Å². The number of nitrogens with zero attached hydrogens (tertiary/aromatic N) is 1. The molecule has 0 aliphatic rings. The van der Waals surface area contributed by atoms with Crippen molar-refractivity contribution < 1.29 is 9.53 Å². The molecular weight excluding hydrogens is 274 g/mol. The molecule has 2 rings (SSSR count). The zero-order valence-corrected chi connectivity index (χ0v) is 12.9. The molecule has 0 radical (unpaired) electrons. The Morgan fingerprint density at radius 3 is 2.50 bits per heavy atom. The maximum atomic E-state index is 12.2. The average Bonchev–Trinajstić information content (AvgIpc) is 2.65. The minimum Gasteiger partial charge on any atom is -0.485 e. The summed E-state index contributed by atoms with van der Waals surface area (Å²) in [7, 11) is 1.95. The van der Waals surface area contributed by atoms with Crippen molar-refractivity contribution in [2.24, 2.45) is 7.05 Å². The van der Waals surface area contributed by atoms with E-state index in [2.05, 4.69) is 0 Å². The first-order chi connectivity index (χ1) is 9.40. The lowest BCUT2D eigenvalue weighted by Gasteiger charge is -2.08. The highest BCUT2D eigenvalue weighted by Crippen LogP contribution is 2.22. The van der Waals surface area contributed by atoms with Gasteiger partial charge in [0, 0.05) is 29.0 Å². The first kappa shape index (κ1) is 14.7. The highest BCUT2D eigenvalue weighted by molar-refractivity contribution is 6.30. The van der Waals surface area contributed by atoms with E-state index in [1.54, 1.807) is 12.1 Å². The van der Waals surface area contributed by atoms with Crippen LogP contribution >= 0.6 is 11.6 Å². The summed E-state index contributed by atoms with van der Waals surface area (Å²) in [5.74, 6) is 0.675. The molecule has 0 fully saturated rings. The minimum atomic E-state index is -0.0134. The first-order valence-electron chi connectivity index (χ1n) is 6.45. The van der Waals surface area contributed by atoms with Crippen LogP contribution in [0.3, 0.4) is 0 Å². The highest BCUT2D eigenvalue weighted by Gasteiger charge is 2.15. The second-order valence-corrected chi connectivity index (χ2v) is 5.40. The standard InChI is InChI=1S/C16H18ClNO2/c1-10-7-13(17)5-6-16(10)20-9-15(19)14-8-11(2)18(4)12(14)3/h5-8H,9H2,1-4H3. The quantitative estimate of drug-likeness (QED) is 0.801. The SMILES string of the molecule is Cc1cc(Cl)ccc1OCC(=O)c1cc(C)n(C)c1C. The van der Waals surface area contributed by atoms with Gasteiger partial charge in [-0.2, -0.15) is 0 Å². The summed E-state index contributed by atoms with van der Waals surface area (Å²) in [5.41, 5.74) is 3.67. The minimum absolute atomic E-state index is 0.0134. The molecule has 0 aliphatic heterocycles. The number of halogens is 1. The number of carbonyl (C=O) groups excluding carboxylic acids is 1. The Morgan fingerprint density at radius 2 is 1.95 bits per heavy atom. The number of hydrogen-bond acceptors (Lipinski definition) is 2. The maximum absolute atomic E-state index is 12.2. The Bertz CT molecular complexity index is 659. The zero-order chi connectivity index (χ0) is 14.9. The van der Waals surface area contributed by atoms with Crippen LogP contribution in [0.4, 0.5) is 0 Å². The Hall–Kier alpha value is -1.74. The molecule has 20 heavy (non-hydrogen) atoms. The molecule has 106 valence electrons. The predicted molar refractivity (Wildman–Crippen MR) is 80.9 cm³/mol. The van der Waals surface area contributed by atoms with Crippen LogP contribution in [-0.2, 0) is 7.05 Å². The Morgan fingerprint density at radius 1 is 1.25 bits per heavy atom. The van der Waals surface area contributed by atoms with Gasteiger partial charge in [0.25, 0.3) is 0 Å². The topological polar surface area (TPSA) is 31.2 Å². The van der Waals surface area contributed by atoms with Gasteiger partial charge in [-0.05, 0) is 50.6 Å². The molecule has 0 atom stereocenters. The van der Waals surface area contributed by atoms with Crippen LogP contribution in [0.5, 0.6) is 5.75 Å². The number of aromatic nitrogens is 1. The number of aryl methyl sites for hydroxylation is 2. The van der Waals surface area contributed by atoms with E-state index < -0.39 is 0 Å². The highest BCUT2D eigenvalue weighted by atomic mass is 35.5. The van der Waals surface area contributed by atoms with E-state index in [0.717, 1.165) is 22.5 Å². The van der Waals surface area contributed by atoms with Crippen molar-refractivity contribution in [1.29, 1.82) is 0 Å². The number of ketones is 1. The molecule has 0 spiro atoms. The molecule has 0 saturated carbocycles. The molecule has 1 aromatic heterocycles. The Balaban J connectivity index is 2.10. The maximum Gasteiger partial charge on any atom is 0.202 e. The van der Waals surface area contributed by atoms with Crippen molar-refractivity contribution in [2.75, 3.05) is 6.61 Å². The number of benzene rings is 1. The van der Waals surface area contributed by atoms with Crippen molar-refractivity contribution >= 4 is 17.4 Å². The molecule has 0 aliphatic carbocycles. The third-order valence-electron chi connectivity index (χ3n) is 3.57. The van der Waals surface area contributed by atoms with Crippen molar-refractivity contribution in [1.82, 2.24) is 4.57 Å². The van der Waals surface area contributed by atoms with Gasteiger partial charge in [0.2, 0.25) is 5.78 Å². The van der Waals surface area contributed by atoms with Crippen molar-refractivity contribution in [3.05, 3.63) is 51.8 Å². The molecule has 0 amide bonds. The molecule has 3 nitrogen and oxygen atoms in total. The van der Waals surface area contributed by atoms with E-state index in [-0.39, 0.29) is 12.4 Å². The van der Waals surface area contributed by atoms with Crippen molar-refractivity contribution in [2.45, 2.75) is 20.8 Å². The summed E-state index contributed by atoms with van der Waals surface area (Å²) in [5, 5.41) is 0.663. The zero-order valence-electron chi connectivity index (χ0n) is 12.2. The smallest absolute Gasteiger partial charge is 0.202 e. The molecular formula is C16H18ClNO2. The predicted octanol–water partition coefficient (Wildman–Crippen LogP) is 3.87. The van der Waals surface area contributed by atoms with Gasteiger partial charge < -0.3 is 9.30 Å². The molecule has 1 heterocycles. The Kier molecular flexibility index (Phi) is 4.19. The monoisotopic (exact) mass is 291 g/mol. The van der Waals surface area contributed by atoms with Gasteiger partial charge in [0.1, 0.15) is 5.75 Å². The van der Waals surface area contributed by atoms with Gasteiger partial charge in [-0.15, -0.1) is 0 Å². The lowest BCUT2D eigenvalue weighted by atomic mass is 10.1. The van der Waals surface area contributed by atoms with Gasteiger partial charge in [0.15, 0.2) is 6.61 Å². The fourth-order valence-corrected chi connectivity index (χ4v) is 2.36. The molecule has 1 aromatic carbocycles. The number of rotatable bonds is 4. The Labute approximate surface area is 124 Å². The normalized spacial score (nSPS) is 10.7. The van der Waals surface area contributed by atoms with Crippen LogP contribution in [0.15, 0.2) is 24.3 Å². The van der Waals surface area contributed by atoms with E-state index in [9.17, 15) is 4.79 Å². The molecule has 0 bridgehead atoms. The fourth-order valence-electron chi connectivity index (χ4n) is 2.13. The molecule has 0 saturated heterocycles. The molecule has 0 unspecified atom stereocenters. The van der Waals surface area contributed by atoms with Crippen molar-refractivity contribution in [3.8, 4) is 5.75 Å². The number of ether oxygens (including phenoxy) is 1. The summed E-state index contributed by atoms with van der Waals surface area (Å²) >= 11 is 5.89. The van der Waals surface area contributed by atoms with E-state index >= 15 is 0 Å². The van der Waals surface area contributed by atoms with Gasteiger partial charge in [0.05, 0.1) is 0 Å². The van der Waals surface area contributed by atoms with E-state index in [1.165, 1.54) is 0 Å². The lowest BCUT2D eigenvalue weighted by molar-refractivity contribution is 0.0920. The van der Waals surface area contributed by atoms with E-state index in [1.807, 2.05) is 44.5 Å². The molecule has 2 aromatic rings. The third kappa shape index (κ3) is 2.88. The summed E-state index contributed by atoms with van der Waals surface area (Å²) in [6.45, 7) is 5.86. The number of hydrogen-bond donors (Lipinski definition) is 0. The largest absolute Gasteiger partial charge is 0.485 e. The second kappa shape index (κ2) is 5.71. The first-order valence-corrected chi connectivity index (χ1v) is 6.83. The van der Waals surface area contributed by atoms with Gasteiger partial charge >= 0.3 is 0 Å². The van der Waals surface area contributed by atoms with Crippen LogP contribution in [-0.4, -0.2) is 17.0 Å². The van der Waals surface area contributed by atoms with Crippen molar-refractivity contribution in [3.63, 3.8) is 0 Å².